The normalized spacial score (nSPS) is 14.5. The molecule has 0 radical (unpaired) electrons. The number of carbonyl (C=O) groups is 2. The number of hydrogen-bond donors (Lipinski definition) is 0. The number of furan rings is 1. The number of rotatable bonds is 3. The molecule has 1 atom stereocenters. The van der Waals surface area contributed by atoms with E-state index in [-0.39, 0.29) is 5.91 Å². The van der Waals surface area contributed by atoms with E-state index in [1.54, 1.807) is 24.8 Å². The Kier molecular flexibility index (Phi) is 3.71. The zero-order valence-electron chi connectivity index (χ0n) is 12.5. The van der Waals surface area contributed by atoms with Gasteiger partial charge in [0.25, 0.3) is 5.91 Å². The van der Waals surface area contributed by atoms with E-state index in [1.165, 1.54) is 6.26 Å². The average Bonchev–Trinajstić information content (AvgIpc) is 3.12. The Labute approximate surface area is 128 Å². The molecule has 1 aliphatic rings. The fourth-order valence-corrected chi connectivity index (χ4v) is 2.66. The van der Waals surface area contributed by atoms with E-state index >= 15 is 0 Å². The highest BCUT2D eigenvalue weighted by Crippen LogP contribution is 2.28. The summed E-state index contributed by atoms with van der Waals surface area (Å²) in [7, 11) is 0. The highest BCUT2D eigenvalue weighted by Gasteiger charge is 2.30. The van der Waals surface area contributed by atoms with Gasteiger partial charge in [-0.3, -0.25) is 4.79 Å². The molecular formula is C17H17NO4. The van der Waals surface area contributed by atoms with E-state index in [0.29, 0.717) is 17.9 Å². The Morgan fingerprint density at radius 2 is 2.05 bits per heavy atom. The topological polar surface area (TPSA) is 59.8 Å². The molecule has 1 amide bonds. The predicted octanol–water partition coefficient (Wildman–Crippen LogP) is 2.72. The largest absolute Gasteiger partial charge is 0.469 e. The molecule has 1 aliphatic heterocycles. The molecule has 0 bridgehead atoms. The van der Waals surface area contributed by atoms with Gasteiger partial charge in [0.15, 0.2) is 6.10 Å². The first-order valence-corrected chi connectivity index (χ1v) is 7.22. The van der Waals surface area contributed by atoms with Gasteiger partial charge in [0.05, 0.1) is 6.26 Å². The van der Waals surface area contributed by atoms with Gasteiger partial charge in [-0.15, -0.1) is 0 Å². The number of amides is 1. The molecule has 5 heteroatoms. The van der Waals surface area contributed by atoms with Crippen molar-refractivity contribution in [2.24, 2.45) is 0 Å². The molecule has 0 fully saturated rings. The second-order valence-electron chi connectivity index (χ2n) is 5.31. The van der Waals surface area contributed by atoms with Crippen LogP contribution in [0.4, 0.5) is 5.69 Å². The van der Waals surface area contributed by atoms with Gasteiger partial charge >= 0.3 is 5.97 Å². The number of benzene rings is 1. The Hall–Kier alpha value is -2.56. The van der Waals surface area contributed by atoms with E-state index in [9.17, 15) is 9.59 Å². The van der Waals surface area contributed by atoms with E-state index in [0.717, 1.165) is 17.7 Å². The minimum absolute atomic E-state index is 0.209. The lowest BCUT2D eigenvalue weighted by Gasteiger charge is -2.21. The number of para-hydroxylation sites is 1. The maximum atomic E-state index is 12.5. The molecule has 22 heavy (non-hydrogen) atoms. The van der Waals surface area contributed by atoms with Crippen molar-refractivity contribution in [3.05, 3.63) is 53.5 Å². The Bertz CT molecular complexity index is 719. The van der Waals surface area contributed by atoms with Gasteiger partial charge in [-0.1, -0.05) is 18.2 Å². The summed E-state index contributed by atoms with van der Waals surface area (Å²) in [6.07, 6.45) is 1.41. The summed E-state index contributed by atoms with van der Waals surface area (Å²) < 4.78 is 10.4. The summed E-state index contributed by atoms with van der Waals surface area (Å²) in [6, 6.07) is 9.32. The van der Waals surface area contributed by atoms with Crippen molar-refractivity contribution in [1.29, 1.82) is 0 Å². The lowest BCUT2D eigenvalue weighted by Crippen LogP contribution is -2.39. The smallest absolute Gasteiger partial charge is 0.342 e. The van der Waals surface area contributed by atoms with Crippen LogP contribution >= 0.6 is 0 Å². The van der Waals surface area contributed by atoms with E-state index in [2.05, 4.69) is 0 Å². The maximum Gasteiger partial charge on any atom is 0.342 e. The third kappa shape index (κ3) is 2.50. The lowest BCUT2D eigenvalue weighted by atomic mass is 10.2. The second-order valence-corrected chi connectivity index (χ2v) is 5.31. The van der Waals surface area contributed by atoms with Crippen LogP contribution in [0.5, 0.6) is 0 Å². The number of carbonyl (C=O) groups excluding carboxylic acids is 2. The van der Waals surface area contributed by atoms with E-state index in [4.69, 9.17) is 9.15 Å². The van der Waals surface area contributed by atoms with Crippen LogP contribution in [0.25, 0.3) is 0 Å². The minimum Gasteiger partial charge on any atom is -0.469 e. The summed E-state index contributed by atoms with van der Waals surface area (Å²) >= 11 is 0. The first kappa shape index (κ1) is 14.4. The second kappa shape index (κ2) is 5.67. The standard InChI is InChI=1S/C17H17NO4/c1-11-14(8-10-21-11)17(20)22-12(2)16(19)18-9-7-13-5-3-4-6-15(13)18/h3-6,8,10,12H,7,9H2,1-2H3/t12-/m1/s1. The molecule has 3 rings (SSSR count). The van der Waals surface area contributed by atoms with Crippen LogP contribution in [-0.4, -0.2) is 24.5 Å². The molecule has 0 spiro atoms. The van der Waals surface area contributed by atoms with E-state index in [1.807, 2.05) is 24.3 Å². The summed E-state index contributed by atoms with van der Waals surface area (Å²) in [6.45, 7) is 3.89. The number of aryl methyl sites for hydroxylation is 1. The molecule has 0 saturated heterocycles. The van der Waals surface area contributed by atoms with Gasteiger partial charge in [-0.25, -0.2) is 4.79 Å². The van der Waals surface area contributed by atoms with Crippen LogP contribution < -0.4 is 4.90 Å². The highest BCUT2D eigenvalue weighted by molar-refractivity contribution is 6.00. The van der Waals surface area contributed by atoms with Crippen molar-refractivity contribution >= 4 is 17.6 Å². The number of esters is 1. The van der Waals surface area contributed by atoms with Crippen LogP contribution in [0, 0.1) is 6.92 Å². The van der Waals surface area contributed by atoms with Gasteiger partial charge in [0.2, 0.25) is 0 Å². The molecular weight excluding hydrogens is 282 g/mol. The molecule has 0 saturated carbocycles. The third-order valence-corrected chi connectivity index (χ3v) is 3.86. The van der Waals surface area contributed by atoms with Crippen LogP contribution in [-0.2, 0) is 16.0 Å². The zero-order chi connectivity index (χ0) is 15.7. The van der Waals surface area contributed by atoms with E-state index < -0.39 is 12.1 Å². The van der Waals surface area contributed by atoms with Gasteiger partial charge in [-0.05, 0) is 38.0 Å². The van der Waals surface area contributed by atoms with Crippen LogP contribution in [0.15, 0.2) is 41.0 Å². The number of hydrogen-bond acceptors (Lipinski definition) is 4. The zero-order valence-corrected chi connectivity index (χ0v) is 12.5. The van der Waals surface area contributed by atoms with Crippen molar-refractivity contribution in [2.75, 3.05) is 11.4 Å². The highest BCUT2D eigenvalue weighted by atomic mass is 16.5. The Balaban J connectivity index is 1.71. The number of ether oxygens (including phenoxy) is 1. The summed E-state index contributed by atoms with van der Waals surface area (Å²) in [5, 5.41) is 0. The molecule has 0 aliphatic carbocycles. The molecule has 5 nitrogen and oxygen atoms in total. The molecule has 114 valence electrons. The first-order chi connectivity index (χ1) is 10.6. The van der Waals surface area contributed by atoms with Gasteiger partial charge < -0.3 is 14.1 Å². The first-order valence-electron chi connectivity index (χ1n) is 7.22. The van der Waals surface area contributed by atoms with Gasteiger partial charge in [-0.2, -0.15) is 0 Å². The molecule has 2 heterocycles. The van der Waals surface area contributed by atoms with Crippen molar-refractivity contribution < 1.29 is 18.7 Å². The van der Waals surface area contributed by atoms with Crippen molar-refractivity contribution in [3.8, 4) is 0 Å². The molecule has 1 aromatic carbocycles. The lowest BCUT2D eigenvalue weighted by molar-refractivity contribution is -0.126. The van der Waals surface area contributed by atoms with Crippen LogP contribution in [0.1, 0.15) is 28.6 Å². The Morgan fingerprint density at radius 3 is 2.77 bits per heavy atom. The van der Waals surface area contributed by atoms with Crippen LogP contribution in [0.2, 0.25) is 0 Å². The third-order valence-electron chi connectivity index (χ3n) is 3.86. The van der Waals surface area contributed by atoms with Gasteiger partial charge in [0.1, 0.15) is 11.3 Å². The number of nitrogens with zero attached hydrogens (tertiary/aromatic N) is 1. The SMILES string of the molecule is Cc1occc1C(=O)O[C@H](C)C(=O)N1CCc2ccccc21. The molecule has 0 N–H and O–H groups in total. The van der Waals surface area contributed by atoms with Crippen molar-refractivity contribution in [1.82, 2.24) is 0 Å². The van der Waals surface area contributed by atoms with Crippen molar-refractivity contribution in [2.45, 2.75) is 26.4 Å². The van der Waals surface area contributed by atoms with Crippen LogP contribution in [0.3, 0.4) is 0 Å². The fraction of sp³-hybridized carbons (Fsp3) is 0.294. The molecule has 2 aromatic rings. The molecule has 1 aromatic heterocycles. The number of fused-ring (bicyclic) bond motifs is 1. The molecule has 0 unspecified atom stereocenters. The van der Waals surface area contributed by atoms with Gasteiger partial charge in [0, 0.05) is 12.2 Å². The van der Waals surface area contributed by atoms with Crippen molar-refractivity contribution in [3.63, 3.8) is 0 Å². The Morgan fingerprint density at radius 1 is 1.27 bits per heavy atom. The minimum atomic E-state index is -0.840. The average molecular weight is 299 g/mol. The fourth-order valence-electron chi connectivity index (χ4n) is 2.66. The predicted molar refractivity (Wildman–Crippen MR) is 80.8 cm³/mol. The summed E-state index contributed by atoms with van der Waals surface area (Å²) in [5.74, 6) is -0.268. The summed E-state index contributed by atoms with van der Waals surface area (Å²) in [4.78, 5) is 26.2. The maximum absolute atomic E-state index is 12.5. The quantitative estimate of drug-likeness (QED) is 0.818. The summed E-state index contributed by atoms with van der Waals surface area (Å²) in [5.41, 5.74) is 2.39. The monoisotopic (exact) mass is 299 g/mol. The number of anilines is 1.